The fourth-order valence-corrected chi connectivity index (χ4v) is 3.86. The van der Waals surface area contributed by atoms with Crippen LogP contribution in [0.4, 0.5) is 10.1 Å². The van der Waals surface area contributed by atoms with Gasteiger partial charge in [0.05, 0.1) is 12.2 Å². The van der Waals surface area contributed by atoms with Gasteiger partial charge in [0.15, 0.2) is 0 Å². The molecule has 0 spiro atoms. The first kappa shape index (κ1) is 28.5. The third kappa shape index (κ3) is 8.78. The molecule has 0 aliphatic carbocycles. The Morgan fingerprint density at radius 2 is 1.66 bits per heavy atom. The largest absolute Gasteiger partial charge is 0.494 e. The average Bonchev–Trinajstić information content (AvgIpc) is 2.76. The quantitative estimate of drug-likeness (QED) is 0.436. The van der Waals surface area contributed by atoms with E-state index < -0.39 is 5.60 Å². The number of nitrogens with zero attached hydrogens (tertiary/aromatic N) is 2. The number of ether oxygens (including phenoxy) is 1. The van der Waals surface area contributed by atoms with Crippen LogP contribution >= 0.6 is 24.8 Å². The van der Waals surface area contributed by atoms with Gasteiger partial charge >= 0.3 is 0 Å². The van der Waals surface area contributed by atoms with Crippen LogP contribution in [0.25, 0.3) is 0 Å². The van der Waals surface area contributed by atoms with Gasteiger partial charge in [-0.05, 0) is 67.6 Å². The Morgan fingerprint density at radius 3 is 2.25 bits per heavy atom. The Kier molecular flexibility index (Phi) is 12.4. The van der Waals surface area contributed by atoms with Crippen LogP contribution in [-0.4, -0.2) is 48.9 Å². The van der Waals surface area contributed by atoms with Crippen LogP contribution in [0.1, 0.15) is 44.6 Å². The van der Waals surface area contributed by atoms with E-state index in [4.69, 9.17) is 4.74 Å². The van der Waals surface area contributed by atoms with Gasteiger partial charge in [0.1, 0.15) is 11.6 Å². The lowest BCUT2D eigenvalue weighted by Gasteiger charge is -2.39. The lowest BCUT2D eigenvalue weighted by Crippen LogP contribution is -2.45. The highest BCUT2D eigenvalue weighted by molar-refractivity contribution is 5.85. The Bertz CT molecular complexity index is 767. The van der Waals surface area contributed by atoms with Crippen LogP contribution in [-0.2, 0) is 6.54 Å². The van der Waals surface area contributed by atoms with Gasteiger partial charge in [-0.3, -0.25) is 4.90 Å². The van der Waals surface area contributed by atoms with Crippen molar-refractivity contribution < 1.29 is 14.2 Å². The van der Waals surface area contributed by atoms with Gasteiger partial charge in [0.25, 0.3) is 0 Å². The van der Waals surface area contributed by atoms with Crippen LogP contribution in [0.3, 0.4) is 0 Å². The zero-order chi connectivity index (χ0) is 21.4. The standard InChI is InChI=1S/C25H35FN2O2.2ClH/c1-3-4-19-30-24-11-9-23(10-12-24)27(2)16-13-25(29)14-17-28(18-15-25)20-21-5-7-22(26)8-6-21;;/h5-12,29H,3-4,13-20H2,1-2H3;2*1H. The number of anilines is 1. The van der Waals surface area contributed by atoms with Crippen molar-refractivity contribution in [3.8, 4) is 5.75 Å². The fourth-order valence-electron chi connectivity index (χ4n) is 3.86. The van der Waals surface area contributed by atoms with Crippen molar-refractivity contribution in [1.82, 2.24) is 4.90 Å². The summed E-state index contributed by atoms with van der Waals surface area (Å²) in [6, 6.07) is 14.9. The molecule has 0 saturated carbocycles. The summed E-state index contributed by atoms with van der Waals surface area (Å²) in [6.45, 7) is 6.26. The zero-order valence-corrected chi connectivity index (χ0v) is 20.8. The molecule has 1 fully saturated rings. The van der Waals surface area contributed by atoms with Gasteiger partial charge in [0.2, 0.25) is 0 Å². The molecule has 4 nitrogen and oxygen atoms in total. The van der Waals surface area contributed by atoms with Crippen molar-refractivity contribution in [2.75, 3.05) is 38.2 Å². The molecule has 0 aromatic heterocycles. The van der Waals surface area contributed by atoms with E-state index in [0.717, 1.165) is 81.9 Å². The molecule has 2 aromatic rings. The monoisotopic (exact) mass is 486 g/mol. The minimum Gasteiger partial charge on any atom is -0.494 e. The number of halogens is 3. The highest BCUT2D eigenvalue weighted by Gasteiger charge is 2.32. The van der Waals surface area contributed by atoms with Crippen LogP contribution in [0.2, 0.25) is 0 Å². The number of benzene rings is 2. The van der Waals surface area contributed by atoms with Crippen LogP contribution in [0.15, 0.2) is 48.5 Å². The Balaban J connectivity index is 0.00000256. The fraction of sp³-hybridized carbons (Fsp3) is 0.520. The molecule has 1 heterocycles. The Labute approximate surface area is 204 Å². The molecule has 1 saturated heterocycles. The first-order valence-electron chi connectivity index (χ1n) is 11.1. The summed E-state index contributed by atoms with van der Waals surface area (Å²) in [5, 5.41) is 11.0. The summed E-state index contributed by atoms with van der Waals surface area (Å²) in [7, 11) is 2.07. The highest BCUT2D eigenvalue weighted by Crippen LogP contribution is 2.28. The third-order valence-corrected chi connectivity index (χ3v) is 6.06. The topological polar surface area (TPSA) is 35.9 Å². The minimum atomic E-state index is -0.614. The molecule has 1 aliphatic heterocycles. The maximum absolute atomic E-state index is 13.1. The smallest absolute Gasteiger partial charge is 0.123 e. The minimum absolute atomic E-state index is 0. The van der Waals surface area contributed by atoms with Gasteiger partial charge in [-0.1, -0.05) is 25.5 Å². The number of aliphatic hydroxyl groups is 1. The van der Waals surface area contributed by atoms with Gasteiger partial charge in [-0.15, -0.1) is 24.8 Å². The van der Waals surface area contributed by atoms with E-state index in [0.29, 0.717) is 0 Å². The normalized spacial score (nSPS) is 15.4. The molecule has 0 bridgehead atoms. The van der Waals surface area contributed by atoms with E-state index in [2.05, 4.69) is 35.9 Å². The van der Waals surface area contributed by atoms with Gasteiger partial charge in [-0.25, -0.2) is 4.39 Å². The van der Waals surface area contributed by atoms with Crippen molar-refractivity contribution in [3.05, 3.63) is 59.9 Å². The Morgan fingerprint density at radius 1 is 1.03 bits per heavy atom. The van der Waals surface area contributed by atoms with Gasteiger partial charge < -0.3 is 14.7 Å². The Hall–Kier alpha value is -1.53. The summed E-state index contributed by atoms with van der Waals surface area (Å²) in [5.41, 5.74) is 1.63. The SMILES string of the molecule is CCCCOc1ccc(N(C)CCC2(O)CCN(Cc3ccc(F)cc3)CC2)cc1.Cl.Cl. The molecule has 180 valence electrons. The third-order valence-electron chi connectivity index (χ3n) is 6.06. The molecule has 3 rings (SSSR count). The summed E-state index contributed by atoms with van der Waals surface area (Å²) in [6.07, 6.45) is 4.50. The second-order valence-corrected chi connectivity index (χ2v) is 8.49. The molecular weight excluding hydrogens is 450 g/mol. The maximum Gasteiger partial charge on any atom is 0.123 e. The van der Waals surface area contributed by atoms with Crippen molar-refractivity contribution in [1.29, 1.82) is 0 Å². The van der Waals surface area contributed by atoms with E-state index in [1.165, 1.54) is 12.1 Å². The molecule has 0 amide bonds. The number of hydrogen-bond acceptors (Lipinski definition) is 4. The summed E-state index contributed by atoms with van der Waals surface area (Å²) in [5.74, 6) is 0.710. The number of likely N-dealkylation sites (tertiary alicyclic amines) is 1. The second kappa shape index (κ2) is 13.9. The molecule has 32 heavy (non-hydrogen) atoms. The first-order chi connectivity index (χ1) is 14.5. The maximum atomic E-state index is 13.1. The van der Waals surface area contributed by atoms with Crippen molar-refractivity contribution in [2.45, 2.75) is 51.2 Å². The molecule has 1 aliphatic rings. The van der Waals surface area contributed by atoms with Crippen LogP contribution in [0.5, 0.6) is 5.75 Å². The lowest BCUT2D eigenvalue weighted by atomic mass is 9.88. The van der Waals surface area contributed by atoms with Gasteiger partial charge in [0, 0.05) is 38.9 Å². The number of rotatable bonds is 10. The van der Waals surface area contributed by atoms with Crippen molar-refractivity contribution >= 4 is 30.5 Å². The zero-order valence-electron chi connectivity index (χ0n) is 19.1. The number of unbranched alkanes of at least 4 members (excludes halogenated alkanes) is 1. The molecule has 1 N–H and O–H groups in total. The molecule has 2 aromatic carbocycles. The first-order valence-corrected chi connectivity index (χ1v) is 11.1. The highest BCUT2D eigenvalue weighted by atomic mass is 35.5. The van der Waals surface area contributed by atoms with Crippen molar-refractivity contribution in [2.24, 2.45) is 0 Å². The summed E-state index contributed by atoms with van der Waals surface area (Å²) < 4.78 is 18.8. The average molecular weight is 487 g/mol. The summed E-state index contributed by atoms with van der Waals surface area (Å²) >= 11 is 0. The van der Waals surface area contributed by atoms with E-state index in [-0.39, 0.29) is 30.6 Å². The van der Waals surface area contributed by atoms with E-state index >= 15 is 0 Å². The number of piperidine rings is 1. The summed E-state index contributed by atoms with van der Waals surface area (Å²) in [4.78, 5) is 4.53. The van der Waals surface area contributed by atoms with E-state index in [9.17, 15) is 9.50 Å². The van der Waals surface area contributed by atoms with E-state index in [1.54, 1.807) is 0 Å². The number of hydrogen-bond donors (Lipinski definition) is 1. The van der Waals surface area contributed by atoms with E-state index in [1.807, 2.05) is 24.3 Å². The lowest BCUT2D eigenvalue weighted by molar-refractivity contribution is -0.0275. The molecule has 0 atom stereocenters. The van der Waals surface area contributed by atoms with Crippen LogP contribution < -0.4 is 9.64 Å². The molecular formula is C25H37Cl2FN2O2. The van der Waals surface area contributed by atoms with Crippen LogP contribution in [0, 0.1) is 5.82 Å². The predicted octanol–water partition coefficient (Wildman–Crippen LogP) is 5.70. The second-order valence-electron chi connectivity index (χ2n) is 8.49. The van der Waals surface area contributed by atoms with Crippen molar-refractivity contribution in [3.63, 3.8) is 0 Å². The van der Waals surface area contributed by atoms with Gasteiger partial charge in [-0.2, -0.15) is 0 Å². The molecule has 0 unspecified atom stereocenters. The molecule has 0 radical (unpaired) electrons. The predicted molar refractivity (Wildman–Crippen MR) is 135 cm³/mol. The molecule has 7 heteroatoms.